The third kappa shape index (κ3) is 4.38. The normalized spacial score (nSPS) is 15.3. The highest BCUT2D eigenvalue weighted by molar-refractivity contribution is 6.38. The summed E-state index contributed by atoms with van der Waals surface area (Å²) >= 11 is 0. The van der Waals surface area contributed by atoms with Crippen molar-refractivity contribution in [3.63, 3.8) is 0 Å². The summed E-state index contributed by atoms with van der Waals surface area (Å²) in [7, 11) is 0. The van der Waals surface area contributed by atoms with E-state index in [4.69, 9.17) is 14.4 Å². The van der Waals surface area contributed by atoms with Gasteiger partial charge in [0.25, 0.3) is 0 Å². The van der Waals surface area contributed by atoms with Gasteiger partial charge < -0.3 is 8.82 Å². The summed E-state index contributed by atoms with van der Waals surface area (Å²) in [4.78, 5) is 11.2. The molecule has 15 rings (SSSR count). The van der Waals surface area contributed by atoms with Crippen LogP contribution in [-0.4, -0.2) is 18.9 Å². The van der Waals surface area contributed by atoms with Gasteiger partial charge in [-0.2, -0.15) is 4.98 Å². The first-order chi connectivity index (χ1) is 31.7. The van der Waals surface area contributed by atoms with Gasteiger partial charge in [-0.25, -0.2) is 4.98 Å². The van der Waals surface area contributed by atoms with Gasteiger partial charge in [0.15, 0.2) is 0 Å². The number of hydrogen-bond donors (Lipinski definition) is 0. The summed E-state index contributed by atoms with van der Waals surface area (Å²) < 4.78 is 11.5. The first kappa shape index (κ1) is 34.3. The van der Waals surface area contributed by atoms with E-state index >= 15 is 0 Å². The number of hydrogen-bond acceptors (Lipinski definition) is 3. The Hall–Kier alpha value is -8.28. The average Bonchev–Trinajstić information content (AvgIpc) is 4.09. The fourth-order valence-electron chi connectivity index (χ4n) is 11.8. The Balaban J connectivity index is 1.07. The molecule has 298 valence electrons. The van der Waals surface area contributed by atoms with Gasteiger partial charge in [-0.05, 0) is 80.9 Å². The van der Waals surface area contributed by atoms with E-state index in [9.17, 15) is 0 Å². The predicted molar refractivity (Wildman–Crippen MR) is 263 cm³/mol. The molecule has 0 bridgehead atoms. The molecule has 9 aromatic carbocycles. The van der Waals surface area contributed by atoms with Crippen LogP contribution in [0.15, 0.2) is 192 Å². The molecule has 0 saturated carbocycles. The lowest BCUT2D eigenvalue weighted by atomic mass is 9.69. The van der Waals surface area contributed by atoms with Crippen molar-refractivity contribution < 1.29 is 4.42 Å². The van der Waals surface area contributed by atoms with Crippen molar-refractivity contribution in [3.8, 4) is 28.3 Å². The van der Waals surface area contributed by atoms with Crippen LogP contribution in [0.3, 0.4) is 0 Å². The van der Waals surface area contributed by atoms with Crippen LogP contribution in [0.4, 0.5) is 0 Å². The number of para-hydroxylation sites is 3. The predicted octanol–water partition coefficient (Wildman–Crippen LogP) is 15.4. The molecule has 0 fully saturated rings. The first-order valence-corrected chi connectivity index (χ1v) is 22.2. The molecule has 5 heterocycles. The Kier molecular flexibility index (Phi) is 6.67. The molecule has 0 N–H and O–H groups in total. The van der Waals surface area contributed by atoms with E-state index in [0.29, 0.717) is 11.7 Å². The van der Waals surface area contributed by atoms with Crippen molar-refractivity contribution >= 4 is 92.7 Å². The molecule has 1 aliphatic rings. The molecule has 0 aliphatic heterocycles. The van der Waals surface area contributed by atoms with Gasteiger partial charge in [0.05, 0.1) is 38.7 Å². The maximum atomic E-state index is 6.75. The highest BCUT2D eigenvalue weighted by atomic mass is 16.3. The highest BCUT2D eigenvalue weighted by Gasteiger charge is 2.33. The maximum Gasteiger partial charge on any atom is 0.238 e. The zero-order valence-electron chi connectivity index (χ0n) is 34.7. The van der Waals surface area contributed by atoms with Crippen molar-refractivity contribution in [2.75, 3.05) is 0 Å². The minimum absolute atomic E-state index is 0.216. The van der Waals surface area contributed by atoms with E-state index < -0.39 is 0 Å². The monoisotopic (exact) mass is 816 g/mol. The van der Waals surface area contributed by atoms with Crippen LogP contribution in [-0.2, 0) is 0 Å². The molecule has 5 nitrogen and oxygen atoms in total. The Morgan fingerprint density at radius 1 is 0.469 bits per heavy atom. The van der Waals surface area contributed by atoms with E-state index in [2.05, 4.69) is 192 Å². The lowest BCUT2D eigenvalue weighted by molar-refractivity contribution is 0.649. The topological polar surface area (TPSA) is 48.3 Å². The van der Waals surface area contributed by atoms with Crippen LogP contribution in [0.2, 0.25) is 0 Å². The van der Waals surface area contributed by atoms with Crippen LogP contribution in [0.5, 0.6) is 0 Å². The van der Waals surface area contributed by atoms with E-state index in [1.807, 2.05) is 12.1 Å². The summed E-state index contributed by atoms with van der Waals surface area (Å²) in [5.74, 6) is 1.01. The largest absolute Gasteiger partial charge is 0.437 e. The molecule has 5 aromatic heterocycles. The summed E-state index contributed by atoms with van der Waals surface area (Å²) in [5, 5.41) is 11.7. The smallest absolute Gasteiger partial charge is 0.238 e. The third-order valence-corrected chi connectivity index (χ3v) is 14.5. The van der Waals surface area contributed by atoms with Crippen LogP contribution < -0.4 is 0 Å². The van der Waals surface area contributed by atoms with Crippen molar-refractivity contribution in [2.24, 2.45) is 0 Å². The second-order valence-corrected chi connectivity index (χ2v) is 17.6. The second kappa shape index (κ2) is 12.4. The van der Waals surface area contributed by atoms with Gasteiger partial charge in [-0.15, -0.1) is 0 Å². The number of aromatic nitrogens is 4. The van der Waals surface area contributed by atoms with E-state index in [-0.39, 0.29) is 11.8 Å². The number of benzene rings is 9. The van der Waals surface area contributed by atoms with Gasteiger partial charge in [0.1, 0.15) is 5.58 Å². The maximum absolute atomic E-state index is 6.75. The third-order valence-electron chi connectivity index (χ3n) is 14.5. The Morgan fingerprint density at radius 2 is 1.17 bits per heavy atom. The number of rotatable bonds is 3. The van der Waals surface area contributed by atoms with Crippen LogP contribution in [0.1, 0.15) is 35.4 Å². The molecular weight excluding hydrogens is 781 g/mol. The SMILES string of the molecule is CC1c2cc(-c3nc(-n4c5ccc6ccccc6c5c5c6c7ccccc7n7c8ccccc8c(cc54)c67)nc4oc5ccccc5c34)ccc2-c2ccccc2[C@@H]1c1ccccc1. The lowest BCUT2D eigenvalue weighted by Crippen LogP contribution is -2.17. The fourth-order valence-corrected chi connectivity index (χ4v) is 11.8. The van der Waals surface area contributed by atoms with Gasteiger partial charge in [0.2, 0.25) is 11.7 Å². The summed E-state index contributed by atoms with van der Waals surface area (Å²) in [5.41, 5.74) is 15.6. The molecule has 0 spiro atoms. The Morgan fingerprint density at radius 3 is 2.05 bits per heavy atom. The minimum atomic E-state index is 0.216. The van der Waals surface area contributed by atoms with E-state index in [1.54, 1.807) is 0 Å². The van der Waals surface area contributed by atoms with Gasteiger partial charge in [-0.1, -0.05) is 159 Å². The van der Waals surface area contributed by atoms with E-state index in [1.165, 1.54) is 87.5 Å². The lowest BCUT2D eigenvalue weighted by Gasteiger charge is -2.34. The molecule has 0 radical (unpaired) electrons. The second-order valence-electron chi connectivity index (χ2n) is 17.6. The van der Waals surface area contributed by atoms with Gasteiger partial charge in [-0.3, -0.25) is 4.57 Å². The molecule has 5 heteroatoms. The summed E-state index contributed by atoms with van der Waals surface area (Å²) in [6.45, 7) is 2.38. The number of furan rings is 1. The zero-order chi connectivity index (χ0) is 41.8. The molecule has 1 aliphatic carbocycles. The van der Waals surface area contributed by atoms with Crippen molar-refractivity contribution in [1.82, 2.24) is 18.9 Å². The minimum Gasteiger partial charge on any atom is -0.437 e. The number of nitrogens with zero attached hydrogens (tertiary/aromatic N) is 4. The van der Waals surface area contributed by atoms with Crippen molar-refractivity contribution in [1.29, 1.82) is 0 Å². The molecule has 64 heavy (non-hydrogen) atoms. The summed E-state index contributed by atoms with van der Waals surface area (Å²) in [6.07, 6.45) is 0. The van der Waals surface area contributed by atoms with Crippen LogP contribution in [0, 0.1) is 0 Å². The molecule has 14 aromatic rings. The van der Waals surface area contributed by atoms with Crippen LogP contribution in [0.25, 0.3) is 121 Å². The molecule has 2 atom stereocenters. The summed E-state index contributed by atoms with van der Waals surface area (Å²) in [6, 6.07) is 68.5. The van der Waals surface area contributed by atoms with Crippen molar-refractivity contribution in [3.05, 3.63) is 205 Å². The van der Waals surface area contributed by atoms with E-state index in [0.717, 1.165) is 38.6 Å². The van der Waals surface area contributed by atoms with Gasteiger partial charge in [0, 0.05) is 49.2 Å². The first-order valence-electron chi connectivity index (χ1n) is 22.2. The molecular formula is C59H36N4O. The van der Waals surface area contributed by atoms with Gasteiger partial charge >= 0.3 is 0 Å². The average molecular weight is 817 g/mol. The van der Waals surface area contributed by atoms with Crippen LogP contribution >= 0.6 is 0 Å². The molecule has 0 amide bonds. The molecule has 0 saturated heterocycles. The van der Waals surface area contributed by atoms with Crippen molar-refractivity contribution in [2.45, 2.75) is 18.8 Å². The fraction of sp³-hybridized carbons (Fsp3) is 0.0508. The number of fused-ring (bicyclic) bond motifs is 18. The standard InChI is InChI=1S/C59H36N4O/c1-33-44-31-36(27-29-39(44)38-19-7-8-21-41(38)51(33)35-16-3-2-4-17-35)56-54-43-23-11-14-26-50(43)64-58(54)61-59(60-56)63-48-30-28-34-15-5-6-18-37(34)52(48)55-49(63)32-45-40-20-9-12-24-46(40)62-47-25-13-10-22-42(47)53(55)57(45)62/h2-33,51H,1H3/t33?,51-/m0/s1. The zero-order valence-corrected chi connectivity index (χ0v) is 34.7. The highest BCUT2D eigenvalue weighted by Crippen LogP contribution is 2.52. The Labute approximate surface area is 366 Å². The molecule has 1 unspecified atom stereocenters. The Bertz CT molecular complexity index is 4290. The quantitative estimate of drug-likeness (QED) is 0.178.